The Labute approximate surface area is 216 Å². The maximum atomic E-state index is 13.6. The van der Waals surface area contributed by atoms with Crippen LogP contribution in [0.1, 0.15) is 40.9 Å². The number of rotatable bonds is 13. The van der Waals surface area contributed by atoms with Gasteiger partial charge in [-0.15, -0.1) is 6.58 Å². The molecule has 0 aromatic heterocycles. The van der Waals surface area contributed by atoms with E-state index in [4.69, 9.17) is 9.47 Å². The number of hydrogen-bond donors (Lipinski definition) is 1. The Balaban J connectivity index is 2.02. The molecule has 0 aliphatic carbocycles. The van der Waals surface area contributed by atoms with Crippen LogP contribution in [0.3, 0.4) is 0 Å². The van der Waals surface area contributed by atoms with Gasteiger partial charge in [0.1, 0.15) is 17.7 Å². The molecule has 0 fully saturated rings. The van der Waals surface area contributed by atoms with Crippen LogP contribution in [0.4, 0.5) is 14.5 Å². The molecule has 3 aromatic carbocycles. The number of carbonyl (C=O) groups excluding carboxylic acids is 2. The predicted molar refractivity (Wildman–Crippen MR) is 139 cm³/mol. The Morgan fingerprint density at radius 3 is 2.11 bits per heavy atom. The number of ether oxygens (including phenoxy) is 2. The SMILES string of the molecule is C=CCOC(CC(C(=O)OCC)C(Nc1ccc(F)cc1)c1ccc(C)cc1)C(=O)c1ccc(F)cc1. The van der Waals surface area contributed by atoms with Gasteiger partial charge in [0.15, 0.2) is 5.78 Å². The van der Waals surface area contributed by atoms with Gasteiger partial charge in [0.2, 0.25) is 0 Å². The van der Waals surface area contributed by atoms with Gasteiger partial charge in [0, 0.05) is 11.3 Å². The van der Waals surface area contributed by atoms with Gasteiger partial charge in [-0.05, 0) is 74.4 Å². The van der Waals surface area contributed by atoms with E-state index in [0.717, 1.165) is 11.1 Å². The van der Waals surface area contributed by atoms with Crippen LogP contribution in [0.15, 0.2) is 85.5 Å². The average molecular weight is 508 g/mol. The fraction of sp³-hybridized carbons (Fsp3) is 0.267. The van der Waals surface area contributed by atoms with E-state index in [1.165, 1.54) is 42.5 Å². The lowest BCUT2D eigenvalue weighted by Gasteiger charge is -2.30. The number of halogens is 2. The van der Waals surface area contributed by atoms with Crippen molar-refractivity contribution in [3.8, 4) is 0 Å². The highest BCUT2D eigenvalue weighted by molar-refractivity contribution is 5.99. The summed E-state index contributed by atoms with van der Waals surface area (Å²) < 4.78 is 38.3. The van der Waals surface area contributed by atoms with Crippen molar-refractivity contribution >= 4 is 17.4 Å². The van der Waals surface area contributed by atoms with Crippen molar-refractivity contribution in [1.29, 1.82) is 0 Å². The second-order valence-corrected chi connectivity index (χ2v) is 8.62. The van der Waals surface area contributed by atoms with Gasteiger partial charge in [0.25, 0.3) is 0 Å². The molecule has 3 unspecified atom stereocenters. The topological polar surface area (TPSA) is 64.6 Å². The Morgan fingerprint density at radius 1 is 0.946 bits per heavy atom. The number of aryl methyl sites for hydroxylation is 1. The molecule has 0 radical (unpaired) electrons. The van der Waals surface area contributed by atoms with E-state index < -0.39 is 29.9 Å². The number of benzene rings is 3. The molecule has 0 aliphatic heterocycles. The van der Waals surface area contributed by atoms with E-state index in [1.54, 1.807) is 19.1 Å². The maximum absolute atomic E-state index is 13.6. The molecule has 0 saturated heterocycles. The first kappa shape index (κ1) is 27.7. The van der Waals surface area contributed by atoms with E-state index in [1.807, 2.05) is 31.2 Å². The van der Waals surface area contributed by atoms with Crippen molar-refractivity contribution in [2.75, 3.05) is 18.5 Å². The summed E-state index contributed by atoms with van der Waals surface area (Å²) in [6.45, 7) is 7.54. The van der Waals surface area contributed by atoms with Crippen LogP contribution in [0.2, 0.25) is 0 Å². The molecular formula is C30H31F2NO4. The molecule has 0 heterocycles. The lowest BCUT2D eigenvalue weighted by Crippen LogP contribution is -2.36. The maximum Gasteiger partial charge on any atom is 0.311 e. The molecule has 0 bridgehead atoms. The molecule has 3 aromatic rings. The predicted octanol–water partition coefficient (Wildman–Crippen LogP) is 6.45. The summed E-state index contributed by atoms with van der Waals surface area (Å²) in [5.41, 5.74) is 2.67. The zero-order valence-corrected chi connectivity index (χ0v) is 21.0. The van der Waals surface area contributed by atoms with Crippen LogP contribution in [-0.4, -0.2) is 31.1 Å². The van der Waals surface area contributed by atoms with E-state index in [2.05, 4.69) is 11.9 Å². The highest BCUT2D eigenvalue weighted by Gasteiger charge is 2.36. The first-order chi connectivity index (χ1) is 17.8. The van der Waals surface area contributed by atoms with Crippen LogP contribution >= 0.6 is 0 Å². The van der Waals surface area contributed by atoms with Gasteiger partial charge in [-0.3, -0.25) is 9.59 Å². The molecule has 0 amide bonds. The summed E-state index contributed by atoms with van der Waals surface area (Å²) >= 11 is 0. The first-order valence-electron chi connectivity index (χ1n) is 12.1. The van der Waals surface area contributed by atoms with Gasteiger partial charge in [-0.2, -0.15) is 0 Å². The number of Topliss-reactive ketones (excluding diaryl/α,β-unsaturated/α-hetero) is 1. The Hall–Kier alpha value is -3.84. The molecule has 3 rings (SSSR count). The summed E-state index contributed by atoms with van der Waals surface area (Å²) in [7, 11) is 0. The number of carbonyl (C=O) groups is 2. The molecule has 194 valence electrons. The third-order valence-corrected chi connectivity index (χ3v) is 5.90. The van der Waals surface area contributed by atoms with Gasteiger partial charge in [0.05, 0.1) is 25.2 Å². The van der Waals surface area contributed by atoms with E-state index in [0.29, 0.717) is 5.69 Å². The number of anilines is 1. The van der Waals surface area contributed by atoms with Gasteiger partial charge >= 0.3 is 5.97 Å². The van der Waals surface area contributed by atoms with Crippen LogP contribution in [-0.2, 0) is 14.3 Å². The largest absolute Gasteiger partial charge is 0.466 e. The third-order valence-electron chi connectivity index (χ3n) is 5.90. The zero-order valence-electron chi connectivity index (χ0n) is 21.0. The monoisotopic (exact) mass is 507 g/mol. The number of nitrogens with one attached hydrogen (secondary N) is 1. The highest BCUT2D eigenvalue weighted by atomic mass is 19.1. The normalized spacial score (nSPS) is 13.3. The fourth-order valence-electron chi connectivity index (χ4n) is 4.00. The van der Waals surface area contributed by atoms with Crippen molar-refractivity contribution in [3.63, 3.8) is 0 Å². The standard InChI is InChI=1S/C30H31F2NO4/c1-4-18-37-27(29(34)22-10-12-23(31)13-11-22)19-26(30(35)36-5-2)28(21-8-6-20(3)7-9-21)33-25-16-14-24(32)15-17-25/h4,6-17,26-28,33H,1,5,18-19H2,2-3H3. The molecular weight excluding hydrogens is 476 g/mol. The molecule has 5 nitrogen and oxygen atoms in total. The highest BCUT2D eigenvalue weighted by Crippen LogP contribution is 2.33. The average Bonchev–Trinajstić information content (AvgIpc) is 2.89. The molecule has 1 N–H and O–H groups in total. The second kappa shape index (κ2) is 13.5. The summed E-state index contributed by atoms with van der Waals surface area (Å²) in [5, 5.41) is 3.32. The quantitative estimate of drug-likeness (QED) is 0.164. The fourth-order valence-corrected chi connectivity index (χ4v) is 4.00. The van der Waals surface area contributed by atoms with Crippen molar-refractivity contribution in [2.24, 2.45) is 5.92 Å². The third kappa shape index (κ3) is 7.82. The smallest absolute Gasteiger partial charge is 0.311 e. The lowest BCUT2D eigenvalue weighted by atomic mass is 9.86. The van der Waals surface area contributed by atoms with Gasteiger partial charge in [-0.1, -0.05) is 35.9 Å². The molecule has 7 heteroatoms. The Bertz CT molecular complexity index is 1180. The zero-order chi connectivity index (χ0) is 26.8. The molecule has 0 saturated carbocycles. The summed E-state index contributed by atoms with van der Waals surface area (Å²) in [5.74, 6) is -2.61. The van der Waals surface area contributed by atoms with Crippen LogP contribution in [0.5, 0.6) is 0 Å². The van der Waals surface area contributed by atoms with Crippen molar-refractivity contribution in [3.05, 3.63) is 114 Å². The van der Waals surface area contributed by atoms with Crippen molar-refractivity contribution < 1.29 is 27.8 Å². The Morgan fingerprint density at radius 2 is 1.54 bits per heavy atom. The van der Waals surface area contributed by atoms with Gasteiger partial charge in [-0.25, -0.2) is 8.78 Å². The first-order valence-corrected chi connectivity index (χ1v) is 12.1. The van der Waals surface area contributed by atoms with Crippen molar-refractivity contribution in [1.82, 2.24) is 0 Å². The van der Waals surface area contributed by atoms with Gasteiger partial charge < -0.3 is 14.8 Å². The summed E-state index contributed by atoms with van der Waals surface area (Å²) in [4.78, 5) is 26.7. The minimum Gasteiger partial charge on any atom is -0.466 e. The summed E-state index contributed by atoms with van der Waals surface area (Å²) in [6.07, 6.45) is 0.467. The van der Waals surface area contributed by atoms with Crippen LogP contribution in [0.25, 0.3) is 0 Å². The summed E-state index contributed by atoms with van der Waals surface area (Å²) in [6, 6.07) is 18.0. The molecule has 37 heavy (non-hydrogen) atoms. The molecule has 3 atom stereocenters. The number of hydrogen-bond acceptors (Lipinski definition) is 5. The minimum atomic E-state index is -1.03. The number of esters is 1. The minimum absolute atomic E-state index is 0.0182. The van der Waals surface area contributed by atoms with Crippen LogP contribution < -0.4 is 5.32 Å². The number of ketones is 1. The van der Waals surface area contributed by atoms with E-state index in [-0.39, 0.29) is 36.8 Å². The molecule has 0 aliphatic rings. The van der Waals surface area contributed by atoms with Crippen molar-refractivity contribution in [2.45, 2.75) is 32.4 Å². The second-order valence-electron chi connectivity index (χ2n) is 8.62. The van der Waals surface area contributed by atoms with E-state index in [9.17, 15) is 18.4 Å². The lowest BCUT2D eigenvalue weighted by molar-refractivity contribution is -0.149. The van der Waals surface area contributed by atoms with Crippen LogP contribution in [0, 0.1) is 24.5 Å². The Kier molecular flexibility index (Phi) is 10.1. The molecule has 0 spiro atoms. The van der Waals surface area contributed by atoms with E-state index >= 15 is 0 Å².